The highest BCUT2D eigenvalue weighted by molar-refractivity contribution is 7.89. The van der Waals surface area contributed by atoms with Gasteiger partial charge in [0, 0.05) is 6.54 Å². The zero-order valence-electron chi connectivity index (χ0n) is 10.9. The highest BCUT2D eigenvalue weighted by Gasteiger charge is 2.24. The first kappa shape index (κ1) is 15.9. The summed E-state index contributed by atoms with van der Waals surface area (Å²) in [4.78, 5) is 0. The van der Waals surface area contributed by atoms with Crippen LogP contribution in [0.4, 0.5) is 0 Å². The number of sulfonamides is 1. The van der Waals surface area contributed by atoms with Crippen LogP contribution in [0, 0.1) is 11.3 Å². The number of hydrogen-bond donors (Lipinski definition) is 2. The van der Waals surface area contributed by atoms with Gasteiger partial charge in [0.25, 0.3) is 0 Å². The van der Waals surface area contributed by atoms with Crippen molar-refractivity contribution in [3.63, 3.8) is 0 Å². The largest absolute Gasteiger partial charge is 0.391 e. The second-order valence-corrected chi connectivity index (χ2v) is 7.38. The van der Waals surface area contributed by atoms with E-state index in [2.05, 4.69) is 4.72 Å². The zero-order valence-corrected chi connectivity index (χ0v) is 11.8. The summed E-state index contributed by atoms with van der Waals surface area (Å²) in [6, 6.07) is 0. The van der Waals surface area contributed by atoms with Crippen molar-refractivity contribution in [1.82, 2.24) is 4.72 Å². The Bertz CT molecular complexity index is 293. The van der Waals surface area contributed by atoms with E-state index < -0.39 is 16.1 Å². The van der Waals surface area contributed by atoms with E-state index in [1.54, 1.807) is 0 Å². The molecule has 2 atom stereocenters. The number of hydrogen-bond acceptors (Lipinski definition) is 3. The fourth-order valence-corrected chi connectivity index (χ4v) is 2.58. The van der Waals surface area contributed by atoms with Gasteiger partial charge in [-0.25, -0.2) is 13.1 Å². The van der Waals surface area contributed by atoms with Gasteiger partial charge in [-0.1, -0.05) is 41.0 Å². The molecule has 0 fully saturated rings. The Balaban J connectivity index is 4.20. The molecule has 0 aliphatic rings. The van der Waals surface area contributed by atoms with Crippen LogP contribution < -0.4 is 4.72 Å². The normalized spacial score (nSPS) is 17.1. The first-order chi connectivity index (χ1) is 7.08. The van der Waals surface area contributed by atoms with Crippen LogP contribution in [0.25, 0.3) is 0 Å². The maximum atomic E-state index is 11.6. The maximum absolute atomic E-state index is 11.6. The summed E-state index contributed by atoms with van der Waals surface area (Å²) in [5.41, 5.74) is -0.307. The van der Waals surface area contributed by atoms with Gasteiger partial charge in [0.15, 0.2) is 0 Å². The number of nitrogens with one attached hydrogen (secondary N) is 1. The van der Waals surface area contributed by atoms with Crippen molar-refractivity contribution in [3.8, 4) is 0 Å². The molecule has 0 aliphatic carbocycles. The topological polar surface area (TPSA) is 66.4 Å². The Morgan fingerprint density at radius 1 is 1.31 bits per heavy atom. The number of aliphatic hydroxyl groups excluding tert-OH is 1. The van der Waals surface area contributed by atoms with Crippen LogP contribution in [0.1, 0.15) is 41.0 Å². The summed E-state index contributed by atoms with van der Waals surface area (Å²) in [5.74, 6) is 0.268. The van der Waals surface area contributed by atoms with Gasteiger partial charge in [0.05, 0.1) is 11.9 Å². The van der Waals surface area contributed by atoms with Crippen LogP contribution >= 0.6 is 0 Å². The van der Waals surface area contributed by atoms with Gasteiger partial charge >= 0.3 is 0 Å². The predicted octanol–water partition coefficient (Wildman–Crippen LogP) is 1.36. The van der Waals surface area contributed by atoms with Gasteiger partial charge in [-0.05, 0) is 11.3 Å². The molecule has 0 amide bonds. The average molecular weight is 251 g/mol. The Kier molecular flexibility index (Phi) is 5.93. The van der Waals surface area contributed by atoms with Crippen LogP contribution in [-0.4, -0.2) is 31.9 Å². The lowest BCUT2D eigenvalue weighted by Gasteiger charge is -2.26. The minimum atomic E-state index is -3.26. The molecule has 0 spiro atoms. The SMILES string of the molecule is CCC(C)CS(=O)(=O)NCC(O)C(C)(C)C. The Morgan fingerprint density at radius 2 is 1.81 bits per heavy atom. The van der Waals surface area contributed by atoms with Gasteiger partial charge in [0.1, 0.15) is 0 Å². The van der Waals surface area contributed by atoms with E-state index in [4.69, 9.17) is 0 Å². The summed E-state index contributed by atoms with van der Waals surface area (Å²) in [6.07, 6.45) is 0.169. The molecule has 0 radical (unpaired) electrons. The number of rotatable bonds is 6. The molecule has 4 nitrogen and oxygen atoms in total. The van der Waals surface area contributed by atoms with E-state index in [0.29, 0.717) is 0 Å². The van der Waals surface area contributed by atoms with E-state index in [0.717, 1.165) is 6.42 Å². The van der Waals surface area contributed by atoms with Crippen molar-refractivity contribution in [1.29, 1.82) is 0 Å². The quantitative estimate of drug-likeness (QED) is 0.749. The lowest BCUT2D eigenvalue weighted by atomic mass is 9.89. The molecule has 0 rings (SSSR count). The highest BCUT2D eigenvalue weighted by Crippen LogP contribution is 2.18. The smallest absolute Gasteiger partial charge is 0.211 e. The fraction of sp³-hybridized carbons (Fsp3) is 1.00. The summed E-state index contributed by atoms with van der Waals surface area (Å²) in [7, 11) is -3.26. The van der Waals surface area contributed by atoms with Crippen molar-refractivity contribution in [2.24, 2.45) is 11.3 Å². The summed E-state index contributed by atoms with van der Waals surface area (Å²) >= 11 is 0. The van der Waals surface area contributed by atoms with Crippen LogP contribution in [0.2, 0.25) is 0 Å². The molecule has 2 unspecified atom stereocenters. The second-order valence-electron chi connectivity index (χ2n) is 5.53. The molecule has 2 N–H and O–H groups in total. The van der Waals surface area contributed by atoms with E-state index in [1.165, 1.54) is 0 Å². The minimum Gasteiger partial charge on any atom is -0.391 e. The lowest BCUT2D eigenvalue weighted by Crippen LogP contribution is -2.40. The van der Waals surface area contributed by atoms with Crippen LogP contribution in [-0.2, 0) is 10.0 Å². The standard InChI is InChI=1S/C11H25NO3S/c1-6-9(2)8-16(14,15)12-7-10(13)11(3,4)5/h9-10,12-13H,6-8H2,1-5H3. The highest BCUT2D eigenvalue weighted by atomic mass is 32.2. The lowest BCUT2D eigenvalue weighted by molar-refractivity contribution is 0.0677. The predicted molar refractivity (Wildman–Crippen MR) is 66.7 cm³/mol. The second kappa shape index (κ2) is 5.98. The third-order valence-electron chi connectivity index (χ3n) is 2.70. The summed E-state index contributed by atoms with van der Waals surface area (Å²) < 4.78 is 25.7. The van der Waals surface area contributed by atoms with Crippen molar-refractivity contribution >= 4 is 10.0 Å². The molecular formula is C11H25NO3S. The monoisotopic (exact) mass is 251 g/mol. The van der Waals surface area contributed by atoms with Gasteiger partial charge in [-0.2, -0.15) is 0 Å². The molecular weight excluding hydrogens is 226 g/mol. The summed E-state index contributed by atoms with van der Waals surface area (Å²) in [6.45, 7) is 9.58. The van der Waals surface area contributed by atoms with E-state index in [-0.39, 0.29) is 23.6 Å². The Hall–Kier alpha value is -0.130. The molecule has 0 aliphatic heterocycles. The van der Waals surface area contributed by atoms with Gasteiger partial charge in [0.2, 0.25) is 10.0 Å². The van der Waals surface area contributed by atoms with E-state index >= 15 is 0 Å². The fourth-order valence-electron chi connectivity index (χ4n) is 1.06. The minimum absolute atomic E-state index is 0.0856. The molecule has 98 valence electrons. The maximum Gasteiger partial charge on any atom is 0.211 e. The van der Waals surface area contributed by atoms with Crippen LogP contribution in [0.5, 0.6) is 0 Å². The zero-order chi connectivity index (χ0) is 13.0. The molecule has 0 heterocycles. The van der Waals surface area contributed by atoms with Gasteiger partial charge < -0.3 is 5.11 Å². The van der Waals surface area contributed by atoms with Gasteiger partial charge in [-0.15, -0.1) is 0 Å². The van der Waals surface area contributed by atoms with Crippen LogP contribution in [0.3, 0.4) is 0 Å². The first-order valence-electron chi connectivity index (χ1n) is 5.74. The molecule has 0 saturated carbocycles. The molecule has 0 aromatic rings. The van der Waals surface area contributed by atoms with Crippen molar-refractivity contribution in [2.75, 3.05) is 12.3 Å². The molecule has 16 heavy (non-hydrogen) atoms. The molecule has 5 heteroatoms. The van der Waals surface area contributed by atoms with Crippen molar-refractivity contribution in [3.05, 3.63) is 0 Å². The molecule has 0 aromatic carbocycles. The third-order valence-corrected chi connectivity index (χ3v) is 4.31. The number of aliphatic hydroxyl groups is 1. The molecule has 0 bridgehead atoms. The van der Waals surface area contributed by atoms with E-state index in [1.807, 2.05) is 34.6 Å². The first-order valence-corrected chi connectivity index (χ1v) is 7.39. The Morgan fingerprint density at radius 3 is 2.19 bits per heavy atom. The van der Waals surface area contributed by atoms with Gasteiger partial charge in [-0.3, -0.25) is 0 Å². The molecule has 0 aromatic heterocycles. The third kappa shape index (κ3) is 6.45. The summed E-state index contributed by atoms with van der Waals surface area (Å²) in [5, 5.41) is 9.71. The van der Waals surface area contributed by atoms with Crippen molar-refractivity contribution < 1.29 is 13.5 Å². The molecule has 0 saturated heterocycles. The van der Waals surface area contributed by atoms with E-state index in [9.17, 15) is 13.5 Å². The van der Waals surface area contributed by atoms with Crippen LogP contribution in [0.15, 0.2) is 0 Å². The Labute approximate surface area is 99.5 Å². The average Bonchev–Trinajstić information content (AvgIpc) is 2.11. The van der Waals surface area contributed by atoms with Crippen molar-refractivity contribution in [2.45, 2.75) is 47.1 Å².